The van der Waals surface area contributed by atoms with Crippen LogP contribution in [0.1, 0.15) is 21.5 Å². The summed E-state index contributed by atoms with van der Waals surface area (Å²) < 4.78 is 10.8. The van der Waals surface area contributed by atoms with Crippen molar-refractivity contribution < 1.29 is 14.3 Å². The van der Waals surface area contributed by atoms with Gasteiger partial charge in [0.25, 0.3) is 5.91 Å². The van der Waals surface area contributed by atoms with E-state index >= 15 is 0 Å². The molecule has 0 fully saturated rings. The van der Waals surface area contributed by atoms with E-state index in [0.717, 1.165) is 34.2 Å². The molecular formula is C24H24N4O3S. The number of nitrogens with zero attached hydrogens (tertiary/aromatic N) is 3. The summed E-state index contributed by atoms with van der Waals surface area (Å²) in [4.78, 5) is 16.6. The molecule has 2 aromatic carbocycles. The third-order valence-electron chi connectivity index (χ3n) is 5.02. The first kappa shape index (κ1) is 21.7. The third-order valence-corrected chi connectivity index (χ3v) is 5.98. The highest BCUT2D eigenvalue weighted by molar-refractivity contribution is 8.00. The van der Waals surface area contributed by atoms with Crippen molar-refractivity contribution in [1.29, 1.82) is 0 Å². The number of nitrogens with one attached hydrogen (secondary N) is 1. The lowest BCUT2D eigenvalue weighted by atomic mass is 10.1. The van der Waals surface area contributed by atoms with E-state index in [0.29, 0.717) is 23.6 Å². The van der Waals surface area contributed by atoms with Crippen molar-refractivity contribution in [3.05, 3.63) is 83.7 Å². The van der Waals surface area contributed by atoms with Gasteiger partial charge in [-0.15, -0.1) is 11.8 Å². The van der Waals surface area contributed by atoms with Crippen molar-refractivity contribution in [2.24, 2.45) is 5.10 Å². The summed E-state index contributed by atoms with van der Waals surface area (Å²) in [5, 5.41) is 9.89. The fourth-order valence-electron chi connectivity index (χ4n) is 3.39. The smallest absolute Gasteiger partial charge is 0.255 e. The van der Waals surface area contributed by atoms with Crippen LogP contribution in [0.25, 0.3) is 0 Å². The molecule has 0 saturated carbocycles. The molecule has 0 radical (unpaired) electrons. The predicted molar refractivity (Wildman–Crippen MR) is 128 cm³/mol. The zero-order chi connectivity index (χ0) is 22.3. The summed E-state index contributed by atoms with van der Waals surface area (Å²) >= 11 is 1.79. The van der Waals surface area contributed by atoms with Gasteiger partial charge in [0.2, 0.25) is 0 Å². The van der Waals surface area contributed by atoms with Crippen molar-refractivity contribution in [1.82, 2.24) is 9.99 Å². The van der Waals surface area contributed by atoms with Gasteiger partial charge in [-0.1, -0.05) is 18.2 Å². The Bertz CT molecular complexity index is 1120. The summed E-state index contributed by atoms with van der Waals surface area (Å²) in [6.07, 6.45) is 3.21. The van der Waals surface area contributed by atoms with Crippen LogP contribution in [0, 0.1) is 0 Å². The second-order valence-electron chi connectivity index (χ2n) is 7.11. The quantitative estimate of drug-likeness (QED) is 0.582. The Labute approximate surface area is 191 Å². The van der Waals surface area contributed by atoms with Crippen LogP contribution in [0.3, 0.4) is 0 Å². The van der Waals surface area contributed by atoms with Gasteiger partial charge in [-0.3, -0.25) is 14.8 Å². The minimum atomic E-state index is -0.164. The van der Waals surface area contributed by atoms with E-state index in [1.54, 1.807) is 50.5 Å². The molecule has 1 amide bonds. The molecule has 4 rings (SSSR count). The van der Waals surface area contributed by atoms with Gasteiger partial charge >= 0.3 is 0 Å². The highest BCUT2D eigenvalue weighted by Gasteiger charge is 2.18. The Balaban J connectivity index is 1.53. The number of benzene rings is 2. The molecule has 0 atom stereocenters. The summed E-state index contributed by atoms with van der Waals surface area (Å²) in [5.41, 5.74) is 4.30. The molecule has 3 aromatic rings. The van der Waals surface area contributed by atoms with Gasteiger partial charge in [-0.05, 0) is 42.0 Å². The molecule has 1 aliphatic heterocycles. The highest BCUT2D eigenvalue weighted by atomic mass is 32.2. The number of rotatable bonds is 7. The highest BCUT2D eigenvalue weighted by Crippen LogP contribution is 2.30. The first-order chi connectivity index (χ1) is 15.7. The molecule has 1 aromatic heterocycles. The van der Waals surface area contributed by atoms with E-state index < -0.39 is 0 Å². The average Bonchev–Trinajstić information content (AvgIpc) is 2.85. The number of carbonyl (C=O) groups excluding carboxylic acids is 1. The van der Waals surface area contributed by atoms with Gasteiger partial charge < -0.3 is 14.8 Å². The Kier molecular flexibility index (Phi) is 6.91. The standard InChI is InChI=1S/C24H24N4O3S/c1-30-22-8-7-18(13-23(22)31-2)21-15-32-16-28(27-21)14-19-5-3-4-6-20(19)26-24(29)17-9-11-25-12-10-17/h3-13H,14-16H2,1-2H3,(H,26,29). The Morgan fingerprint density at radius 2 is 1.84 bits per heavy atom. The minimum Gasteiger partial charge on any atom is -0.493 e. The summed E-state index contributed by atoms with van der Waals surface area (Å²) in [6, 6.07) is 17.0. The molecule has 7 nitrogen and oxygen atoms in total. The van der Waals surface area contributed by atoms with Crippen LogP contribution in [0.15, 0.2) is 72.1 Å². The van der Waals surface area contributed by atoms with Crippen LogP contribution in [0.2, 0.25) is 0 Å². The molecular weight excluding hydrogens is 424 g/mol. The van der Waals surface area contributed by atoms with Crippen LogP contribution in [0.4, 0.5) is 5.69 Å². The number of hydrazone groups is 1. The number of para-hydroxylation sites is 1. The van der Waals surface area contributed by atoms with Gasteiger partial charge in [0.05, 0.1) is 32.4 Å². The maximum atomic E-state index is 12.6. The van der Waals surface area contributed by atoms with Crippen molar-refractivity contribution in [3.8, 4) is 11.5 Å². The number of anilines is 1. The van der Waals surface area contributed by atoms with E-state index in [-0.39, 0.29) is 5.91 Å². The topological polar surface area (TPSA) is 76.0 Å². The number of thioether (sulfide) groups is 1. The van der Waals surface area contributed by atoms with E-state index in [9.17, 15) is 4.79 Å². The molecule has 164 valence electrons. The van der Waals surface area contributed by atoms with Crippen molar-refractivity contribution in [2.45, 2.75) is 6.54 Å². The molecule has 1 aliphatic rings. The number of ether oxygens (including phenoxy) is 2. The van der Waals surface area contributed by atoms with Crippen LogP contribution in [-0.4, -0.2) is 47.5 Å². The average molecular weight is 449 g/mol. The molecule has 8 heteroatoms. The fraction of sp³-hybridized carbons (Fsp3) is 0.208. The molecule has 1 N–H and O–H groups in total. The predicted octanol–water partition coefficient (Wildman–Crippen LogP) is 4.26. The number of hydrogen-bond acceptors (Lipinski definition) is 7. The zero-order valence-electron chi connectivity index (χ0n) is 17.9. The lowest BCUT2D eigenvalue weighted by Crippen LogP contribution is -2.26. The molecule has 2 heterocycles. The van der Waals surface area contributed by atoms with Gasteiger partial charge in [-0.2, -0.15) is 5.10 Å². The van der Waals surface area contributed by atoms with E-state index in [1.807, 2.05) is 47.5 Å². The van der Waals surface area contributed by atoms with Crippen molar-refractivity contribution in [2.75, 3.05) is 31.2 Å². The maximum absolute atomic E-state index is 12.6. The molecule has 32 heavy (non-hydrogen) atoms. The Morgan fingerprint density at radius 1 is 1.06 bits per heavy atom. The van der Waals surface area contributed by atoms with Crippen molar-refractivity contribution in [3.63, 3.8) is 0 Å². The monoisotopic (exact) mass is 448 g/mol. The third kappa shape index (κ3) is 5.03. The molecule has 0 aliphatic carbocycles. The first-order valence-electron chi connectivity index (χ1n) is 10.1. The number of hydrogen-bond donors (Lipinski definition) is 1. The number of methoxy groups -OCH3 is 2. The van der Waals surface area contributed by atoms with E-state index in [1.165, 1.54) is 0 Å². The SMILES string of the molecule is COc1ccc(C2=NN(Cc3ccccc3NC(=O)c3ccncc3)CSC2)cc1OC. The minimum absolute atomic E-state index is 0.164. The van der Waals surface area contributed by atoms with Crippen LogP contribution in [-0.2, 0) is 6.54 Å². The number of pyridine rings is 1. The zero-order valence-corrected chi connectivity index (χ0v) is 18.8. The molecule has 0 spiro atoms. The van der Waals surface area contributed by atoms with Gasteiger partial charge in [0.15, 0.2) is 11.5 Å². The summed E-state index contributed by atoms with van der Waals surface area (Å²) in [5.74, 6) is 2.79. The maximum Gasteiger partial charge on any atom is 0.255 e. The van der Waals surface area contributed by atoms with E-state index in [4.69, 9.17) is 14.6 Å². The lowest BCUT2D eigenvalue weighted by molar-refractivity contribution is 0.102. The second kappa shape index (κ2) is 10.2. The van der Waals surface area contributed by atoms with Crippen molar-refractivity contribution >= 4 is 29.1 Å². The van der Waals surface area contributed by atoms with Gasteiger partial charge in [0.1, 0.15) is 0 Å². The number of carbonyl (C=O) groups is 1. The first-order valence-corrected chi connectivity index (χ1v) is 11.2. The van der Waals surface area contributed by atoms with Gasteiger partial charge in [0, 0.05) is 35.0 Å². The van der Waals surface area contributed by atoms with Crippen LogP contribution in [0.5, 0.6) is 11.5 Å². The van der Waals surface area contributed by atoms with E-state index in [2.05, 4.69) is 10.3 Å². The van der Waals surface area contributed by atoms with Crippen LogP contribution >= 0.6 is 11.8 Å². The van der Waals surface area contributed by atoms with Gasteiger partial charge in [-0.25, -0.2) is 0 Å². The largest absolute Gasteiger partial charge is 0.493 e. The molecule has 0 bridgehead atoms. The summed E-state index contributed by atoms with van der Waals surface area (Å²) in [6.45, 7) is 0.580. The number of aromatic nitrogens is 1. The Hall–Kier alpha value is -3.52. The second-order valence-corrected chi connectivity index (χ2v) is 8.06. The summed E-state index contributed by atoms with van der Waals surface area (Å²) in [7, 11) is 3.25. The lowest BCUT2D eigenvalue weighted by Gasteiger charge is -2.26. The number of amides is 1. The molecule has 0 saturated heterocycles. The van der Waals surface area contributed by atoms with Crippen LogP contribution < -0.4 is 14.8 Å². The normalized spacial score (nSPS) is 13.3. The Morgan fingerprint density at radius 3 is 2.62 bits per heavy atom. The fourth-order valence-corrected chi connectivity index (χ4v) is 4.26. The molecule has 0 unspecified atom stereocenters.